The quantitative estimate of drug-likeness (QED) is 0.941. The Morgan fingerprint density at radius 3 is 2.60 bits per heavy atom. The van der Waals surface area contributed by atoms with Crippen LogP contribution < -0.4 is 9.80 Å². The number of piperazine rings is 1. The van der Waals surface area contributed by atoms with Crippen LogP contribution in [0.3, 0.4) is 0 Å². The van der Waals surface area contributed by atoms with Gasteiger partial charge in [-0.25, -0.2) is 9.37 Å². The molecule has 1 aliphatic rings. The van der Waals surface area contributed by atoms with Crippen LogP contribution in [0.5, 0.6) is 0 Å². The summed E-state index contributed by atoms with van der Waals surface area (Å²) >= 11 is 1.63. The maximum atomic E-state index is 13.7. The summed E-state index contributed by atoms with van der Waals surface area (Å²) in [7, 11) is 0. The number of benzene rings is 1. The van der Waals surface area contributed by atoms with E-state index in [2.05, 4.69) is 14.8 Å². The van der Waals surface area contributed by atoms with Gasteiger partial charge in [-0.15, -0.1) is 11.3 Å². The Bertz CT molecular complexity index is 568. The van der Waals surface area contributed by atoms with Crippen LogP contribution in [-0.4, -0.2) is 36.3 Å². The normalized spacial score (nSPS) is 15.7. The van der Waals surface area contributed by atoms with Crippen molar-refractivity contribution < 1.29 is 9.50 Å². The van der Waals surface area contributed by atoms with Crippen LogP contribution in [0, 0.1) is 5.82 Å². The number of halogens is 1. The van der Waals surface area contributed by atoms with Crippen molar-refractivity contribution in [3.05, 3.63) is 41.2 Å². The van der Waals surface area contributed by atoms with Gasteiger partial charge in [0.2, 0.25) is 0 Å². The molecule has 1 N–H and O–H groups in total. The fourth-order valence-electron chi connectivity index (χ4n) is 2.51. The molecule has 1 aliphatic heterocycles. The summed E-state index contributed by atoms with van der Waals surface area (Å²) in [5, 5.41) is 12.4. The number of aliphatic hydroxyl groups is 1. The van der Waals surface area contributed by atoms with Crippen molar-refractivity contribution in [2.45, 2.75) is 6.61 Å². The van der Waals surface area contributed by atoms with E-state index in [0.717, 1.165) is 37.0 Å². The number of aliphatic hydroxyl groups excluding tert-OH is 1. The van der Waals surface area contributed by atoms with Crippen molar-refractivity contribution in [2.75, 3.05) is 36.0 Å². The predicted octanol–water partition coefficient (Wildman–Crippen LogP) is 2.10. The summed E-state index contributed by atoms with van der Waals surface area (Å²) in [5.74, 6) is -0.340. The Balaban J connectivity index is 1.74. The number of anilines is 2. The molecule has 6 heteroatoms. The van der Waals surface area contributed by atoms with Crippen LogP contribution in [0.4, 0.5) is 15.2 Å². The fraction of sp³-hybridized carbons (Fsp3) is 0.357. The molecular formula is C14H16FN3OS. The summed E-state index contributed by atoms with van der Waals surface area (Å²) in [5.41, 5.74) is 1.18. The molecule has 106 valence electrons. The van der Waals surface area contributed by atoms with Gasteiger partial charge in [0.25, 0.3) is 0 Å². The standard InChI is InChI=1S/C14H16FN3OS/c15-12-2-1-3-13(11(12)10-19)17-5-7-18(8-6-17)14-16-4-9-20-14/h1-4,9,19H,5-8,10H2. The first kappa shape index (κ1) is 13.3. The molecule has 0 saturated carbocycles. The SMILES string of the molecule is OCc1c(F)cccc1N1CCN(c2nccs2)CC1. The molecule has 0 atom stereocenters. The van der Waals surface area contributed by atoms with Crippen LogP contribution >= 0.6 is 11.3 Å². The van der Waals surface area contributed by atoms with Gasteiger partial charge in [-0.3, -0.25) is 0 Å². The third-order valence-electron chi connectivity index (χ3n) is 3.56. The van der Waals surface area contributed by atoms with E-state index in [0.29, 0.717) is 5.56 Å². The molecule has 2 aromatic rings. The van der Waals surface area contributed by atoms with Gasteiger partial charge >= 0.3 is 0 Å². The van der Waals surface area contributed by atoms with E-state index >= 15 is 0 Å². The average molecular weight is 293 g/mol. The number of nitrogens with zero attached hydrogens (tertiary/aromatic N) is 3. The van der Waals surface area contributed by atoms with Crippen molar-refractivity contribution in [1.29, 1.82) is 0 Å². The van der Waals surface area contributed by atoms with Crippen LogP contribution in [0.25, 0.3) is 0 Å². The van der Waals surface area contributed by atoms with E-state index in [1.54, 1.807) is 17.4 Å². The second-order valence-corrected chi connectivity index (χ2v) is 5.56. The first-order valence-corrected chi connectivity index (χ1v) is 7.45. The molecule has 2 heterocycles. The van der Waals surface area contributed by atoms with E-state index in [-0.39, 0.29) is 12.4 Å². The highest BCUT2D eigenvalue weighted by atomic mass is 32.1. The van der Waals surface area contributed by atoms with Gasteiger partial charge in [-0.05, 0) is 12.1 Å². The molecular weight excluding hydrogens is 277 g/mol. The molecule has 1 fully saturated rings. The monoisotopic (exact) mass is 293 g/mol. The number of rotatable bonds is 3. The molecule has 0 bridgehead atoms. The lowest BCUT2D eigenvalue weighted by molar-refractivity contribution is 0.276. The minimum Gasteiger partial charge on any atom is -0.391 e. The molecule has 3 rings (SSSR count). The molecule has 20 heavy (non-hydrogen) atoms. The maximum Gasteiger partial charge on any atom is 0.185 e. The average Bonchev–Trinajstić information content (AvgIpc) is 3.01. The van der Waals surface area contributed by atoms with Crippen LogP contribution in [0.1, 0.15) is 5.56 Å². The smallest absolute Gasteiger partial charge is 0.185 e. The number of hydrogen-bond donors (Lipinski definition) is 1. The maximum absolute atomic E-state index is 13.7. The highest BCUT2D eigenvalue weighted by molar-refractivity contribution is 7.13. The summed E-state index contributed by atoms with van der Waals surface area (Å²) in [6.07, 6.45) is 1.81. The van der Waals surface area contributed by atoms with Gasteiger partial charge in [0.1, 0.15) is 5.82 Å². The van der Waals surface area contributed by atoms with Gasteiger partial charge in [0, 0.05) is 49.0 Å². The van der Waals surface area contributed by atoms with E-state index in [1.807, 2.05) is 17.6 Å². The topological polar surface area (TPSA) is 39.6 Å². The first-order chi connectivity index (χ1) is 9.79. The van der Waals surface area contributed by atoms with Gasteiger partial charge in [-0.1, -0.05) is 6.07 Å². The zero-order chi connectivity index (χ0) is 13.9. The van der Waals surface area contributed by atoms with E-state index < -0.39 is 0 Å². The Labute approximate surface area is 121 Å². The number of thiazole rings is 1. The third kappa shape index (κ3) is 2.48. The highest BCUT2D eigenvalue weighted by Gasteiger charge is 2.21. The molecule has 1 aromatic carbocycles. The molecule has 0 amide bonds. The number of aromatic nitrogens is 1. The second kappa shape index (κ2) is 5.76. The van der Waals surface area contributed by atoms with Gasteiger partial charge in [0.15, 0.2) is 5.13 Å². The van der Waals surface area contributed by atoms with Crippen LogP contribution in [0.2, 0.25) is 0 Å². The Morgan fingerprint density at radius 1 is 1.20 bits per heavy atom. The molecule has 4 nitrogen and oxygen atoms in total. The third-order valence-corrected chi connectivity index (χ3v) is 4.39. The molecule has 0 spiro atoms. The molecule has 1 saturated heterocycles. The summed E-state index contributed by atoms with van der Waals surface area (Å²) in [6.45, 7) is 3.05. The summed E-state index contributed by atoms with van der Waals surface area (Å²) in [6, 6.07) is 4.95. The zero-order valence-corrected chi connectivity index (χ0v) is 11.8. The van der Waals surface area contributed by atoms with Gasteiger partial charge < -0.3 is 14.9 Å². The van der Waals surface area contributed by atoms with Gasteiger partial charge in [0.05, 0.1) is 6.61 Å². The minimum absolute atomic E-state index is 0.269. The van der Waals surface area contributed by atoms with Crippen molar-refractivity contribution in [3.63, 3.8) is 0 Å². The lowest BCUT2D eigenvalue weighted by Crippen LogP contribution is -2.46. The molecule has 0 unspecified atom stereocenters. The fourth-order valence-corrected chi connectivity index (χ4v) is 3.21. The summed E-state index contributed by atoms with van der Waals surface area (Å²) in [4.78, 5) is 8.67. The number of hydrogen-bond acceptors (Lipinski definition) is 5. The van der Waals surface area contributed by atoms with Crippen molar-refractivity contribution in [2.24, 2.45) is 0 Å². The van der Waals surface area contributed by atoms with Crippen LogP contribution in [0.15, 0.2) is 29.8 Å². The molecule has 0 aliphatic carbocycles. The van der Waals surface area contributed by atoms with Crippen molar-refractivity contribution in [1.82, 2.24) is 4.98 Å². The minimum atomic E-state index is -0.340. The van der Waals surface area contributed by atoms with E-state index in [4.69, 9.17) is 0 Å². The van der Waals surface area contributed by atoms with Crippen LogP contribution in [-0.2, 0) is 6.61 Å². The second-order valence-electron chi connectivity index (χ2n) is 4.68. The predicted molar refractivity (Wildman–Crippen MR) is 78.9 cm³/mol. The van der Waals surface area contributed by atoms with Crippen molar-refractivity contribution in [3.8, 4) is 0 Å². The Kier molecular flexibility index (Phi) is 3.84. The largest absolute Gasteiger partial charge is 0.391 e. The lowest BCUT2D eigenvalue weighted by atomic mass is 10.1. The van der Waals surface area contributed by atoms with E-state index in [1.165, 1.54) is 6.07 Å². The first-order valence-electron chi connectivity index (χ1n) is 6.57. The zero-order valence-electron chi connectivity index (χ0n) is 11.0. The highest BCUT2D eigenvalue weighted by Crippen LogP contribution is 2.26. The Morgan fingerprint density at radius 2 is 1.95 bits per heavy atom. The molecule has 0 radical (unpaired) electrons. The van der Waals surface area contributed by atoms with Gasteiger partial charge in [-0.2, -0.15) is 0 Å². The Hall–Kier alpha value is -1.66. The van der Waals surface area contributed by atoms with E-state index in [9.17, 15) is 9.50 Å². The molecule has 1 aromatic heterocycles. The lowest BCUT2D eigenvalue weighted by Gasteiger charge is -2.36. The summed E-state index contributed by atoms with van der Waals surface area (Å²) < 4.78 is 13.7. The van der Waals surface area contributed by atoms with Crippen molar-refractivity contribution >= 4 is 22.2 Å².